The molecule has 9 heteroatoms. The second-order valence-electron chi connectivity index (χ2n) is 9.02. The second-order valence-corrected chi connectivity index (χ2v) is 9.02. The first-order valence-electron chi connectivity index (χ1n) is 12.0. The van der Waals surface area contributed by atoms with E-state index in [2.05, 4.69) is 4.90 Å². The average molecular weight is 482 g/mol. The highest BCUT2D eigenvalue weighted by molar-refractivity contribution is 6.00. The van der Waals surface area contributed by atoms with E-state index in [1.807, 2.05) is 41.3 Å². The Balaban J connectivity index is 1.16. The van der Waals surface area contributed by atoms with Crippen LogP contribution in [-0.2, 0) is 16.1 Å². The lowest BCUT2D eigenvalue weighted by molar-refractivity contribution is -0.137. The smallest absolute Gasteiger partial charge is 0.228 e. The van der Waals surface area contributed by atoms with Gasteiger partial charge in [0.1, 0.15) is 13.2 Å². The van der Waals surface area contributed by atoms with Crippen molar-refractivity contribution in [2.75, 3.05) is 65.1 Å². The van der Waals surface area contributed by atoms with E-state index in [4.69, 9.17) is 18.9 Å². The molecule has 0 unspecified atom stereocenters. The summed E-state index contributed by atoms with van der Waals surface area (Å²) in [7, 11) is 3.26. The minimum atomic E-state index is -0.326. The lowest BCUT2D eigenvalue weighted by Gasteiger charge is -2.36. The lowest BCUT2D eigenvalue weighted by Crippen LogP contribution is -2.50. The number of rotatable bonds is 6. The maximum absolute atomic E-state index is 13.2. The molecule has 0 bridgehead atoms. The number of hydrogen-bond acceptors (Lipinski definition) is 7. The fraction of sp³-hybridized carbons (Fsp3) is 0.462. The molecule has 3 heterocycles. The van der Waals surface area contributed by atoms with Crippen LogP contribution in [0.1, 0.15) is 12.0 Å². The number of nitrogens with zero attached hydrogens (tertiary/aromatic N) is 3. The zero-order valence-electron chi connectivity index (χ0n) is 20.2. The van der Waals surface area contributed by atoms with Gasteiger partial charge in [0.2, 0.25) is 11.8 Å². The first-order chi connectivity index (χ1) is 17.1. The van der Waals surface area contributed by atoms with Crippen LogP contribution in [0, 0.1) is 5.92 Å². The van der Waals surface area contributed by atoms with Crippen molar-refractivity contribution in [3.8, 4) is 23.0 Å². The van der Waals surface area contributed by atoms with E-state index in [1.165, 1.54) is 0 Å². The van der Waals surface area contributed by atoms with Crippen molar-refractivity contribution in [2.45, 2.75) is 13.0 Å². The van der Waals surface area contributed by atoms with Gasteiger partial charge in [-0.2, -0.15) is 0 Å². The SMILES string of the molecule is COc1ccc(CN2CCN(C(=O)[C@H]3CC(=O)N(c4ccc5c(c4)OCCO5)C3)CC2)cc1OC. The monoisotopic (exact) mass is 481 g/mol. The third-order valence-electron chi connectivity index (χ3n) is 6.85. The van der Waals surface area contributed by atoms with E-state index < -0.39 is 0 Å². The van der Waals surface area contributed by atoms with Gasteiger partial charge in [-0.05, 0) is 29.8 Å². The summed E-state index contributed by atoms with van der Waals surface area (Å²) in [6, 6.07) is 11.4. The summed E-state index contributed by atoms with van der Waals surface area (Å²) >= 11 is 0. The van der Waals surface area contributed by atoms with E-state index >= 15 is 0 Å². The Labute approximate surface area is 205 Å². The molecule has 186 valence electrons. The van der Waals surface area contributed by atoms with Crippen molar-refractivity contribution in [1.29, 1.82) is 0 Å². The number of fused-ring (bicyclic) bond motifs is 1. The van der Waals surface area contributed by atoms with Crippen LogP contribution in [0.25, 0.3) is 0 Å². The third kappa shape index (κ3) is 4.86. The van der Waals surface area contributed by atoms with Crippen LogP contribution in [0.3, 0.4) is 0 Å². The van der Waals surface area contributed by atoms with Gasteiger partial charge in [0, 0.05) is 57.4 Å². The standard InChI is InChI=1S/C26H31N3O6/c1-32-21-5-3-18(13-23(21)33-2)16-27-7-9-28(10-8-27)26(31)19-14-25(30)29(17-19)20-4-6-22-24(15-20)35-12-11-34-22/h3-6,13,15,19H,7-12,14,16-17H2,1-2H3/t19-/m0/s1. The highest BCUT2D eigenvalue weighted by Gasteiger charge is 2.38. The van der Waals surface area contributed by atoms with Gasteiger partial charge in [-0.1, -0.05) is 6.07 Å². The van der Waals surface area contributed by atoms with Crippen LogP contribution in [0.2, 0.25) is 0 Å². The van der Waals surface area contributed by atoms with Crippen molar-refractivity contribution in [1.82, 2.24) is 9.80 Å². The first-order valence-corrected chi connectivity index (χ1v) is 12.0. The van der Waals surface area contributed by atoms with Crippen molar-refractivity contribution in [3.05, 3.63) is 42.0 Å². The number of hydrogen-bond donors (Lipinski definition) is 0. The molecule has 9 nitrogen and oxygen atoms in total. The van der Waals surface area contributed by atoms with Crippen LogP contribution in [0.5, 0.6) is 23.0 Å². The molecule has 1 atom stereocenters. The minimum Gasteiger partial charge on any atom is -0.493 e. The fourth-order valence-electron chi connectivity index (χ4n) is 4.94. The average Bonchev–Trinajstić information content (AvgIpc) is 3.29. The van der Waals surface area contributed by atoms with Gasteiger partial charge >= 0.3 is 0 Å². The summed E-state index contributed by atoms with van der Waals surface area (Å²) in [6.07, 6.45) is 0.235. The predicted molar refractivity (Wildman–Crippen MR) is 129 cm³/mol. The van der Waals surface area contributed by atoms with E-state index in [9.17, 15) is 9.59 Å². The highest BCUT2D eigenvalue weighted by atomic mass is 16.6. The number of methoxy groups -OCH3 is 2. The molecule has 3 aliphatic heterocycles. The van der Waals surface area contributed by atoms with Crippen LogP contribution < -0.4 is 23.8 Å². The van der Waals surface area contributed by atoms with Crippen molar-refractivity contribution >= 4 is 17.5 Å². The Morgan fingerprint density at radius 3 is 2.43 bits per heavy atom. The molecule has 2 amide bonds. The van der Waals surface area contributed by atoms with Gasteiger partial charge in [0.15, 0.2) is 23.0 Å². The normalized spacial score (nSPS) is 20.2. The number of benzene rings is 2. The van der Waals surface area contributed by atoms with Crippen LogP contribution in [0.15, 0.2) is 36.4 Å². The molecule has 2 fully saturated rings. The van der Waals surface area contributed by atoms with E-state index in [0.717, 1.165) is 30.9 Å². The Hall–Kier alpha value is -3.46. The quantitative estimate of drug-likeness (QED) is 0.626. The Morgan fingerprint density at radius 2 is 1.69 bits per heavy atom. The van der Waals surface area contributed by atoms with Gasteiger partial charge in [-0.25, -0.2) is 0 Å². The second kappa shape index (κ2) is 10.0. The van der Waals surface area contributed by atoms with Crippen molar-refractivity contribution in [3.63, 3.8) is 0 Å². The number of carbonyl (C=O) groups excluding carboxylic acids is 2. The first kappa shape index (κ1) is 23.3. The lowest BCUT2D eigenvalue weighted by atomic mass is 10.1. The summed E-state index contributed by atoms with van der Waals surface area (Å²) in [5.74, 6) is 2.45. The predicted octanol–water partition coefficient (Wildman–Crippen LogP) is 2.17. The molecule has 0 saturated carbocycles. The third-order valence-corrected chi connectivity index (χ3v) is 6.85. The van der Waals surface area contributed by atoms with Gasteiger partial charge < -0.3 is 28.7 Å². The molecular formula is C26H31N3O6. The molecular weight excluding hydrogens is 450 g/mol. The minimum absolute atomic E-state index is 0.0351. The molecule has 0 aromatic heterocycles. The maximum Gasteiger partial charge on any atom is 0.228 e. The molecule has 35 heavy (non-hydrogen) atoms. The molecule has 0 N–H and O–H groups in total. The number of carbonyl (C=O) groups is 2. The van der Waals surface area contributed by atoms with E-state index in [1.54, 1.807) is 19.1 Å². The van der Waals surface area contributed by atoms with Gasteiger partial charge in [0.25, 0.3) is 0 Å². The van der Waals surface area contributed by atoms with Gasteiger partial charge in [-0.3, -0.25) is 14.5 Å². The topological polar surface area (TPSA) is 80.8 Å². The van der Waals surface area contributed by atoms with Gasteiger partial charge in [-0.15, -0.1) is 0 Å². The number of ether oxygens (including phenoxy) is 4. The fourth-order valence-corrected chi connectivity index (χ4v) is 4.94. The number of piperazine rings is 1. The molecule has 3 aliphatic rings. The van der Waals surface area contributed by atoms with Gasteiger partial charge in [0.05, 0.1) is 20.1 Å². The zero-order chi connectivity index (χ0) is 24.4. The van der Waals surface area contributed by atoms with Crippen molar-refractivity contribution in [2.24, 2.45) is 5.92 Å². The van der Waals surface area contributed by atoms with Crippen LogP contribution >= 0.6 is 0 Å². The summed E-state index contributed by atoms with van der Waals surface area (Å²) in [6.45, 7) is 5.06. The largest absolute Gasteiger partial charge is 0.493 e. The molecule has 2 aromatic rings. The summed E-state index contributed by atoms with van der Waals surface area (Å²) < 4.78 is 21.9. The van der Waals surface area contributed by atoms with Crippen LogP contribution in [0.4, 0.5) is 5.69 Å². The zero-order valence-corrected chi connectivity index (χ0v) is 20.2. The van der Waals surface area contributed by atoms with E-state index in [0.29, 0.717) is 55.8 Å². The molecule has 2 saturated heterocycles. The molecule has 0 spiro atoms. The number of amides is 2. The highest BCUT2D eigenvalue weighted by Crippen LogP contribution is 2.36. The van der Waals surface area contributed by atoms with Crippen molar-refractivity contribution < 1.29 is 28.5 Å². The van der Waals surface area contributed by atoms with E-state index in [-0.39, 0.29) is 24.2 Å². The summed E-state index contributed by atoms with van der Waals surface area (Å²) in [5.41, 5.74) is 1.88. The molecule has 2 aromatic carbocycles. The van der Waals surface area contributed by atoms with Crippen LogP contribution in [-0.4, -0.2) is 81.8 Å². The molecule has 5 rings (SSSR count). The maximum atomic E-state index is 13.2. The summed E-state index contributed by atoms with van der Waals surface area (Å²) in [5, 5.41) is 0. The molecule has 0 radical (unpaired) electrons. The Morgan fingerprint density at radius 1 is 0.943 bits per heavy atom. The Bertz CT molecular complexity index is 1100. The molecule has 0 aliphatic carbocycles. The summed E-state index contributed by atoms with van der Waals surface area (Å²) in [4.78, 5) is 31.9. The number of anilines is 1. The Kier molecular flexibility index (Phi) is 6.68.